The Hall–Kier alpha value is -3.80. The van der Waals surface area contributed by atoms with Crippen molar-refractivity contribution < 1.29 is 18.3 Å². The van der Waals surface area contributed by atoms with Crippen LogP contribution in [0.1, 0.15) is 41.6 Å². The lowest BCUT2D eigenvalue weighted by Gasteiger charge is -2.13. The smallest absolute Gasteiger partial charge is 0.343 e. The molecule has 4 aromatic rings. The van der Waals surface area contributed by atoms with E-state index in [4.69, 9.17) is 4.74 Å². The van der Waals surface area contributed by atoms with Crippen LogP contribution in [-0.2, 0) is 4.74 Å². The van der Waals surface area contributed by atoms with E-state index in [0.717, 1.165) is 11.0 Å². The van der Waals surface area contributed by atoms with Crippen molar-refractivity contribution in [1.82, 2.24) is 9.55 Å². The second kappa shape index (κ2) is 8.52. The second-order valence-corrected chi connectivity index (χ2v) is 7.33. The van der Waals surface area contributed by atoms with Gasteiger partial charge in [0.1, 0.15) is 23.2 Å². The van der Waals surface area contributed by atoms with Crippen molar-refractivity contribution in [3.63, 3.8) is 0 Å². The standard InChI is InChI=1S/C25H20F2N2O2/c1-16(2)29-22-6-4-3-5-21(22)28-24(29)15-23(17-7-11-19(26)12-8-17)31-25(30)18-9-13-20(27)14-10-18/h3-16H,1-2H3/b23-15-. The molecule has 3 aromatic carbocycles. The average Bonchev–Trinajstić information content (AvgIpc) is 3.12. The third-order valence-corrected chi connectivity index (χ3v) is 4.81. The number of imidazole rings is 1. The molecule has 1 aromatic heterocycles. The molecule has 0 unspecified atom stereocenters. The monoisotopic (exact) mass is 418 g/mol. The highest BCUT2D eigenvalue weighted by molar-refractivity contribution is 5.95. The fourth-order valence-electron chi connectivity index (χ4n) is 3.36. The third-order valence-electron chi connectivity index (χ3n) is 4.81. The van der Waals surface area contributed by atoms with Gasteiger partial charge in [0.15, 0.2) is 0 Å². The zero-order valence-electron chi connectivity index (χ0n) is 17.0. The number of hydrogen-bond acceptors (Lipinski definition) is 3. The first-order valence-corrected chi connectivity index (χ1v) is 9.85. The summed E-state index contributed by atoms with van der Waals surface area (Å²) in [6.45, 7) is 4.07. The normalized spacial score (nSPS) is 11.8. The molecule has 0 atom stereocenters. The number of esters is 1. The number of hydrogen-bond donors (Lipinski definition) is 0. The molecule has 0 saturated heterocycles. The molecule has 0 bridgehead atoms. The summed E-state index contributed by atoms with van der Waals surface area (Å²) in [7, 11) is 0. The lowest BCUT2D eigenvalue weighted by molar-refractivity contribution is 0.0693. The van der Waals surface area contributed by atoms with Gasteiger partial charge >= 0.3 is 5.97 Å². The Morgan fingerprint density at radius 2 is 1.48 bits per heavy atom. The zero-order valence-corrected chi connectivity index (χ0v) is 17.0. The first kappa shape index (κ1) is 20.5. The molecule has 4 nitrogen and oxygen atoms in total. The summed E-state index contributed by atoms with van der Waals surface area (Å²) in [5.74, 6) is -0.685. The number of ether oxygens (including phenoxy) is 1. The van der Waals surface area contributed by atoms with E-state index in [1.165, 1.54) is 48.5 Å². The molecule has 156 valence electrons. The van der Waals surface area contributed by atoms with E-state index in [9.17, 15) is 13.6 Å². The Bertz CT molecular complexity index is 1260. The van der Waals surface area contributed by atoms with Gasteiger partial charge in [0, 0.05) is 17.7 Å². The van der Waals surface area contributed by atoms with Crippen LogP contribution in [0.25, 0.3) is 22.9 Å². The van der Waals surface area contributed by atoms with Gasteiger partial charge in [0.05, 0.1) is 16.6 Å². The van der Waals surface area contributed by atoms with E-state index in [1.807, 2.05) is 42.7 Å². The molecular weight excluding hydrogens is 398 g/mol. The minimum atomic E-state index is -0.650. The largest absolute Gasteiger partial charge is 0.422 e. The summed E-state index contributed by atoms with van der Waals surface area (Å²) in [5, 5.41) is 0. The van der Waals surface area contributed by atoms with Crippen LogP contribution in [0.2, 0.25) is 0 Å². The molecule has 0 amide bonds. The maximum Gasteiger partial charge on any atom is 0.343 e. The Labute approximate surface area is 178 Å². The first-order valence-electron chi connectivity index (χ1n) is 9.85. The predicted octanol–water partition coefficient (Wildman–Crippen LogP) is 6.25. The van der Waals surface area contributed by atoms with Gasteiger partial charge in [-0.15, -0.1) is 0 Å². The van der Waals surface area contributed by atoms with E-state index in [1.54, 1.807) is 6.08 Å². The van der Waals surface area contributed by atoms with Crippen molar-refractivity contribution in [2.24, 2.45) is 0 Å². The summed E-state index contributed by atoms with van der Waals surface area (Å²) in [4.78, 5) is 17.4. The molecule has 4 rings (SSSR count). The van der Waals surface area contributed by atoms with E-state index in [-0.39, 0.29) is 17.4 Å². The summed E-state index contributed by atoms with van der Waals surface area (Å²) >= 11 is 0. The Kier molecular flexibility index (Phi) is 5.62. The number of aromatic nitrogens is 2. The van der Waals surface area contributed by atoms with Gasteiger partial charge in [-0.05, 0) is 74.5 Å². The van der Waals surface area contributed by atoms with Gasteiger partial charge in [-0.3, -0.25) is 0 Å². The predicted molar refractivity (Wildman–Crippen MR) is 116 cm³/mol. The summed E-state index contributed by atoms with van der Waals surface area (Å²) in [6, 6.07) is 18.5. The number of nitrogens with zero attached hydrogens (tertiary/aromatic N) is 2. The van der Waals surface area contributed by atoms with E-state index >= 15 is 0 Å². The number of fused-ring (bicyclic) bond motifs is 1. The number of rotatable bonds is 5. The van der Waals surface area contributed by atoms with Crippen molar-refractivity contribution in [3.8, 4) is 0 Å². The van der Waals surface area contributed by atoms with Crippen LogP contribution in [0.3, 0.4) is 0 Å². The Balaban J connectivity index is 1.81. The Morgan fingerprint density at radius 1 is 0.903 bits per heavy atom. The number of carbonyl (C=O) groups excluding carboxylic acids is 1. The van der Waals surface area contributed by atoms with Crippen molar-refractivity contribution in [2.45, 2.75) is 19.9 Å². The fraction of sp³-hybridized carbons (Fsp3) is 0.120. The minimum absolute atomic E-state index is 0.0981. The van der Waals surface area contributed by atoms with Gasteiger partial charge < -0.3 is 9.30 Å². The third kappa shape index (κ3) is 4.38. The SMILES string of the molecule is CC(C)n1c(/C=C(\OC(=O)c2ccc(F)cc2)c2ccc(F)cc2)nc2ccccc21. The van der Waals surface area contributed by atoms with Crippen LogP contribution in [0, 0.1) is 11.6 Å². The highest BCUT2D eigenvalue weighted by Gasteiger charge is 2.17. The maximum atomic E-state index is 13.5. The molecule has 0 radical (unpaired) electrons. The van der Waals surface area contributed by atoms with Crippen LogP contribution in [0.5, 0.6) is 0 Å². The molecule has 0 aliphatic carbocycles. The second-order valence-electron chi connectivity index (χ2n) is 7.33. The van der Waals surface area contributed by atoms with Gasteiger partial charge in [-0.2, -0.15) is 0 Å². The molecular formula is C25H20F2N2O2. The van der Waals surface area contributed by atoms with E-state index in [2.05, 4.69) is 4.98 Å². The van der Waals surface area contributed by atoms with Gasteiger partial charge in [0.2, 0.25) is 0 Å². The highest BCUT2D eigenvalue weighted by atomic mass is 19.1. The van der Waals surface area contributed by atoms with Crippen molar-refractivity contribution in [2.75, 3.05) is 0 Å². The lowest BCUT2D eigenvalue weighted by atomic mass is 10.1. The van der Waals surface area contributed by atoms with E-state index in [0.29, 0.717) is 11.4 Å². The number of halogens is 2. The number of para-hydroxylation sites is 2. The fourth-order valence-corrected chi connectivity index (χ4v) is 3.36. The van der Waals surface area contributed by atoms with Gasteiger partial charge in [-0.1, -0.05) is 12.1 Å². The molecule has 1 heterocycles. The van der Waals surface area contributed by atoms with Crippen LogP contribution in [-0.4, -0.2) is 15.5 Å². The molecule has 0 aliphatic heterocycles. The molecule has 0 spiro atoms. The summed E-state index contributed by atoms with van der Waals surface area (Å²) in [5.41, 5.74) is 2.48. The maximum absolute atomic E-state index is 13.5. The summed E-state index contributed by atoms with van der Waals surface area (Å²) < 4.78 is 34.4. The van der Waals surface area contributed by atoms with Crippen molar-refractivity contribution in [3.05, 3.63) is 101 Å². The van der Waals surface area contributed by atoms with Gasteiger partial charge in [0.25, 0.3) is 0 Å². The molecule has 0 aliphatic rings. The zero-order chi connectivity index (χ0) is 22.0. The van der Waals surface area contributed by atoms with Crippen LogP contribution < -0.4 is 0 Å². The van der Waals surface area contributed by atoms with Crippen LogP contribution >= 0.6 is 0 Å². The van der Waals surface area contributed by atoms with Gasteiger partial charge in [-0.25, -0.2) is 18.6 Å². The molecule has 0 fully saturated rings. The molecule has 6 heteroatoms. The van der Waals surface area contributed by atoms with Crippen LogP contribution in [0.4, 0.5) is 8.78 Å². The topological polar surface area (TPSA) is 44.1 Å². The first-order chi connectivity index (χ1) is 14.9. The number of benzene rings is 3. The quantitative estimate of drug-likeness (QED) is 0.284. The Morgan fingerprint density at radius 3 is 2.10 bits per heavy atom. The van der Waals surface area contributed by atoms with Crippen LogP contribution in [0.15, 0.2) is 72.8 Å². The van der Waals surface area contributed by atoms with Crippen molar-refractivity contribution in [1.29, 1.82) is 0 Å². The average molecular weight is 418 g/mol. The molecule has 0 saturated carbocycles. The molecule has 0 N–H and O–H groups in total. The number of carbonyl (C=O) groups is 1. The summed E-state index contributed by atoms with van der Waals surface area (Å²) in [6.07, 6.45) is 1.66. The van der Waals surface area contributed by atoms with Crippen molar-refractivity contribution >= 4 is 28.8 Å². The highest BCUT2D eigenvalue weighted by Crippen LogP contribution is 2.26. The van der Waals surface area contributed by atoms with E-state index < -0.39 is 17.6 Å². The lowest BCUT2D eigenvalue weighted by Crippen LogP contribution is -2.07. The molecule has 31 heavy (non-hydrogen) atoms. The minimum Gasteiger partial charge on any atom is -0.422 e.